The Bertz CT molecular complexity index is 422. The first-order valence-corrected chi connectivity index (χ1v) is 5.58. The van der Waals surface area contributed by atoms with Crippen LogP contribution in [0.1, 0.15) is 27.1 Å². The molecular formula is C12H15N3O2. The molecule has 1 aliphatic heterocycles. The highest BCUT2D eigenvalue weighted by Gasteiger charge is 2.17. The van der Waals surface area contributed by atoms with Crippen molar-refractivity contribution in [2.24, 2.45) is 5.73 Å². The highest BCUT2D eigenvalue weighted by atomic mass is 16.2. The largest absolute Gasteiger partial charge is 0.366 e. The first-order valence-electron chi connectivity index (χ1n) is 5.58. The number of carbonyl (C=O) groups is 2. The van der Waals surface area contributed by atoms with Gasteiger partial charge in [-0.15, -0.1) is 0 Å². The van der Waals surface area contributed by atoms with Crippen LogP contribution in [0.5, 0.6) is 0 Å². The van der Waals surface area contributed by atoms with Gasteiger partial charge in [-0.05, 0) is 37.2 Å². The molecule has 0 saturated carbocycles. The first-order chi connectivity index (χ1) is 8.16. The molecule has 4 N–H and O–H groups in total. The van der Waals surface area contributed by atoms with E-state index >= 15 is 0 Å². The average molecular weight is 233 g/mol. The predicted molar refractivity (Wildman–Crippen MR) is 63.7 cm³/mol. The summed E-state index contributed by atoms with van der Waals surface area (Å²) in [6.45, 7) is 1.75. The summed E-state index contributed by atoms with van der Waals surface area (Å²) in [5.74, 6) is -0.605. The lowest BCUT2D eigenvalue weighted by Gasteiger charge is -2.11. The molecule has 1 unspecified atom stereocenters. The Balaban J connectivity index is 2.01. The summed E-state index contributed by atoms with van der Waals surface area (Å²) in [7, 11) is 0. The summed E-state index contributed by atoms with van der Waals surface area (Å²) in [5, 5.41) is 6.10. The van der Waals surface area contributed by atoms with Crippen molar-refractivity contribution in [3.63, 3.8) is 0 Å². The quantitative estimate of drug-likeness (QED) is 0.680. The van der Waals surface area contributed by atoms with Gasteiger partial charge < -0.3 is 16.4 Å². The first kappa shape index (κ1) is 11.6. The maximum Gasteiger partial charge on any atom is 0.251 e. The second-order valence-corrected chi connectivity index (χ2v) is 4.10. The van der Waals surface area contributed by atoms with E-state index in [-0.39, 0.29) is 11.9 Å². The molecule has 1 aromatic rings. The molecule has 17 heavy (non-hydrogen) atoms. The van der Waals surface area contributed by atoms with Gasteiger partial charge in [-0.1, -0.05) is 0 Å². The van der Waals surface area contributed by atoms with Crippen molar-refractivity contribution in [2.45, 2.75) is 12.5 Å². The van der Waals surface area contributed by atoms with E-state index < -0.39 is 5.91 Å². The molecule has 1 saturated heterocycles. The number of rotatable bonds is 3. The van der Waals surface area contributed by atoms with E-state index in [1.807, 2.05) is 0 Å². The highest BCUT2D eigenvalue weighted by Crippen LogP contribution is 2.05. The summed E-state index contributed by atoms with van der Waals surface area (Å²) in [4.78, 5) is 22.7. The predicted octanol–water partition coefficient (Wildman–Crippen LogP) is -0.123. The van der Waals surface area contributed by atoms with Gasteiger partial charge in [0, 0.05) is 23.7 Å². The molecule has 1 atom stereocenters. The normalized spacial score (nSPS) is 18.9. The number of amides is 2. The van der Waals surface area contributed by atoms with Crippen LogP contribution in [0.25, 0.3) is 0 Å². The smallest absolute Gasteiger partial charge is 0.251 e. The molecule has 1 aromatic carbocycles. The lowest BCUT2D eigenvalue weighted by Crippen LogP contribution is -2.36. The molecule has 2 rings (SSSR count). The minimum atomic E-state index is -0.489. The van der Waals surface area contributed by atoms with Crippen LogP contribution in [0.15, 0.2) is 24.3 Å². The standard InChI is InChI=1S/C12H15N3O2/c13-11(16)8-1-3-9(4-2-8)12(17)15-10-5-6-14-7-10/h1-4,10,14H,5-7H2,(H2,13,16)(H,15,17). The van der Waals surface area contributed by atoms with Crippen molar-refractivity contribution in [3.8, 4) is 0 Å². The average Bonchev–Trinajstić information content (AvgIpc) is 2.82. The summed E-state index contributed by atoms with van der Waals surface area (Å²) in [6, 6.07) is 6.53. The van der Waals surface area contributed by atoms with Gasteiger partial charge in [-0.3, -0.25) is 9.59 Å². The van der Waals surface area contributed by atoms with Crippen molar-refractivity contribution in [3.05, 3.63) is 35.4 Å². The summed E-state index contributed by atoms with van der Waals surface area (Å²) in [5.41, 5.74) is 6.07. The van der Waals surface area contributed by atoms with E-state index in [1.54, 1.807) is 24.3 Å². The minimum Gasteiger partial charge on any atom is -0.366 e. The topological polar surface area (TPSA) is 84.2 Å². The fourth-order valence-electron chi connectivity index (χ4n) is 1.83. The van der Waals surface area contributed by atoms with Crippen LogP contribution in [0, 0.1) is 0 Å². The Morgan fingerprint density at radius 2 is 1.88 bits per heavy atom. The van der Waals surface area contributed by atoms with Crippen LogP contribution in [0.2, 0.25) is 0 Å². The van der Waals surface area contributed by atoms with E-state index in [2.05, 4.69) is 10.6 Å². The van der Waals surface area contributed by atoms with Gasteiger partial charge in [0.2, 0.25) is 5.91 Å². The van der Waals surface area contributed by atoms with E-state index in [4.69, 9.17) is 5.73 Å². The van der Waals surface area contributed by atoms with Crippen LogP contribution in [-0.4, -0.2) is 30.9 Å². The van der Waals surface area contributed by atoms with Crippen LogP contribution < -0.4 is 16.4 Å². The Morgan fingerprint density at radius 1 is 1.24 bits per heavy atom. The number of hydrogen-bond acceptors (Lipinski definition) is 3. The van der Waals surface area contributed by atoms with Crippen molar-refractivity contribution in [1.29, 1.82) is 0 Å². The van der Waals surface area contributed by atoms with Gasteiger partial charge >= 0.3 is 0 Å². The monoisotopic (exact) mass is 233 g/mol. The maximum atomic E-state index is 11.8. The zero-order valence-corrected chi connectivity index (χ0v) is 9.40. The molecule has 1 aliphatic rings. The van der Waals surface area contributed by atoms with Crippen molar-refractivity contribution >= 4 is 11.8 Å². The van der Waals surface area contributed by atoms with Gasteiger partial charge in [0.1, 0.15) is 0 Å². The number of nitrogens with one attached hydrogen (secondary N) is 2. The molecule has 0 aliphatic carbocycles. The van der Waals surface area contributed by atoms with Gasteiger partial charge in [-0.2, -0.15) is 0 Å². The lowest BCUT2D eigenvalue weighted by atomic mass is 10.1. The second-order valence-electron chi connectivity index (χ2n) is 4.10. The molecule has 0 bridgehead atoms. The van der Waals surface area contributed by atoms with Gasteiger partial charge in [-0.25, -0.2) is 0 Å². The zero-order valence-electron chi connectivity index (χ0n) is 9.40. The lowest BCUT2D eigenvalue weighted by molar-refractivity contribution is 0.0937. The van der Waals surface area contributed by atoms with Crippen LogP contribution in [-0.2, 0) is 0 Å². The second kappa shape index (κ2) is 4.97. The molecule has 2 amide bonds. The van der Waals surface area contributed by atoms with Gasteiger partial charge in [0.25, 0.3) is 5.91 Å². The molecule has 90 valence electrons. The zero-order chi connectivity index (χ0) is 12.3. The Labute approximate surface area is 99.4 Å². The fourth-order valence-corrected chi connectivity index (χ4v) is 1.83. The number of benzene rings is 1. The number of hydrogen-bond donors (Lipinski definition) is 3. The number of carbonyl (C=O) groups excluding carboxylic acids is 2. The van der Waals surface area contributed by atoms with Crippen molar-refractivity contribution in [1.82, 2.24) is 10.6 Å². The molecule has 0 radical (unpaired) electrons. The third kappa shape index (κ3) is 2.82. The number of nitrogens with two attached hydrogens (primary N) is 1. The van der Waals surface area contributed by atoms with Crippen LogP contribution >= 0.6 is 0 Å². The van der Waals surface area contributed by atoms with Gasteiger partial charge in [0.15, 0.2) is 0 Å². The van der Waals surface area contributed by atoms with E-state index in [1.165, 1.54) is 0 Å². The Hall–Kier alpha value is -1.88. The molecular weight excluding hydrogens is 218 g/mol. The minimum absolute atomic E-state index is 0.116. The highest BCUT2D eigenvalue weighted by molar-refractivity contribution is 5.97. The Morgan fingerprint density at radius 3 is 2.41 bits per heavy atom. The van der Waals surface area contributed by atoms with E-state index in [9.17, 15) is 9.59 Å². The summed E-state index contributed by atoms with van der Waals surface area (Å²) in [6.07, 6.45) is 0.950. The molecule has 5 heteroatoms. The van der Waals surface area contributed by atoms with E-state index in [0.717, 1.165) is 19.5 Å². The third-order valence-corrected chi connectivity index (χ3v) is 2.83. The van der Waals surface area contributed by atoms with Crippen LogP contribution in [0.3, 0.4) is 0 Å². The van der Waals surface area contributed by atoms with Crippen molar-refractivity contribution < 1.29 is 9.59 Å². The van der Waals surface area contributed by atoms with Crippen LogP contribution in [0.4, 0.5) is 0 Å². The maximum absolute atomic E-state index is 11.8. The van der Waals surface area contributed by atoms with Gasteiger partial charge in [0.05, 0.1) is 0 Å². The Kier molecular flexibility index (Phi) is 3.39. The molecule has 0 spiro atoms. The SMILES string of the molecule is NC(=O)c1ccc(C(=O)NC2CCNC2)cc1. The molecule has 1 fully saturated rings. The molecule has 0 aromatic heterocycles. The summed E-state index contributed by atoms with van der Waals surface area (Å²) < 4.78 is 0. The van der Waals surface area contributed by atoms with E-state index in [0.29, 0.717) is 11.1 Å². The molecule has 5 nitrogen and oxygen atoms in total. The number of primary amides is 1. The fraction of sp³-hybridized carbons (Fsp3) is 0.333. The molecule has 1 heterocycles. The summed E-state index contributed by atoms with van der Waals surface area (Å²) >= 11 is 0. The third-order valence-electron chi connectivity index (χ3n) is 2.83. The van der Waals surface area contributed by atoms with Crippen molar-refractivity contribution in [2.75, 3.05) is 13.1 Å².